The molecule has 2 rings (SSSR count). The van der Waals surface area contributed by atoms with Crippen molar-refractivity contribution >= 4 is 0 Å². The average Bonchev–Trinajstić information content (AvgIpc) is 2.86. The van der Waals surface area contributed by atoms with Gasteiger partial charge in [0.05, 0.1) is 0 Å². The highest BCUT2D eigenvalue weighted by atomic mass is 15.1. The first-order chi connectivity index (χ1) is 7.58. The number of hydrogen-bond donors (Lipinski definition) is 1. The molecule has 0 saturated heterocycles. The van der Waals surface area contributed by atoms with E-state index in [1.165, 1.54) is 32.2 Å². The summed E-state index contributed by atoms with van der Waals surface area (Å²) in [4.78, 5) is 2.59. The van der Waals surface area contributed by atoms with Crippen molar-refractivity contribution in [3.63, 3.8) is 0 Å². The molecule has 16 heavy (non-hydrogen) atoms. The van der Waals surface area contributed by atoms with Crippen LogP contribution >= 0.6 is 0 Å². The van der Waals surface area contributed by atoms with Gasteiger partial charge in [0, 0.05) is 12.1 Å². The van der Waals surface area contributed by atoms with E-state index in [-0.39, 0.29) is 0 Å². The highest BCUT2D eigenvalue weighted by Crippen LogP contribution is 2.46. The SMILES string of the molecule is CC(C)C(N)CCN(C)C1CC2CCC1C2. The van der Waals surface area contributed by atoms with Crippen LogP contribution in [0.4, 0.5) is 0 Å². The molecule has 2 saturated carbocycles. The number of hydrogen-bond acceptors (Lipinski definition) is 2. The van der Waals surface area contributed by atoms with E-state index in [0.29, 0.717) is 12.0 Å². The lowest BCUT2D eigenvalue weighted by Gasteiger charge is -2.32. The number of nitrogens with zero attached hydrogens (tertiary/aromatic N) is 1. The molecule has 2 aliphatic rings. The van der Waals surface area contributed by atoms with Gasteiger partial charge in [-0.15, -0.1) is 0 Å². The van der Waals surface area contributed by atoms with Crippen LogP contribution in [0, 0.1) is 17.8 Å². The predicted molar refractivity (Wildman–Crippen MR) is 69.3 cm³/mol. The first kappa shape index (κ1) is 12.4. The highest BCUT2D eigenvalue weighted by Gasteiger charge is 2.41. The molecule has 2 heteroatoms. The normalized spacial score (nSPS) is 35.2. The fraction of sp³-hybridized carbons (Fsp3) is 1.00. The minimum Gasteiger partial charge on any atom is -0.327 e. The molecule has 0 heterocycles. The van der Waals surface area contributed by atoms with Crippen molar-refractivity contribution in [3.8, 4) is 0 Å². The molecule has 94 valence electrons. The molecule has 2 nitrogen and oxygen atoms in total. The van der Waals surface area contributed by atoms with Gasteiger partial charge in [-0.3, -0.25) is 0 Å². The third-order valence-corrected chi connectivity index (χ3v) is 4.94. The van der Waals surface area contributed by atoms with Crippen LogP contribution in [0.5, 0.6) is 0 Å². The molecular formula is C14H28N2. The summed E-state index contributed by atoms with van der Waals surface area (Å²) < 4.78 is 0. The Kier molecular flexibility index (Phi) is 3.91. The summed E-state index contributed by atoms with van der Waals surface area (Å²) in [6.07, 6.45) is 7.10. The molecule has 0 amide bonds. The van der Waals surface area contributed by atoms with Gasteiger partial charge in [0.15, 0.2) is 0 Å². The summed E-state index contributed by atoms with van der Waals surface area (Å²) in [5.74, 6) is 2.68. The second kappa shape index (κ2) is 5.05. The minimum atomic E-state index is 0.376. The zero-order valence-corrected chi connectivity index (χ0v) is 11.2. The van der Waals surface area contributed by atoms with Gasteiger partial charge in [-0.1, -0.05) is 20.3 Å². The molecular weight excluding hydrogens is 196 g/mol. The minimum absolute atomic E-state index is 0.376. The Morgan fingerprint density at radius 1 is 1.25 bits per heavy atom. The lowest BCUT2D eigenvalue weighted by molar-refractivity contribution is 0.168. The summed E-state index contributed by atoms with van der Waals surface area (Å²) in [7, 11) is 2.30. The van der Waals surface area contributed by atoms with Crippen molar-refractivity contribution < 1.29 is 0 Å². The number of rotatable bonds is 5. The van der Waals surface area contributed by atoms with Gasteiger partial charge < -0.3 is 10.6 Å². The molecule has 0 aromatic carbocycles. The van der Waals surface area contributed by atoms with Gasteiger partial charge in [0.1, 0.15) is 0 Å². The van der Waals surface area contributed by atoms with Gasteiger partial charge in [-0.25, -0.2) is 0 Å². The maximum absolute atomic E-state index is 6.11. The zero-order valence-electron chi connectivity index (χ0n) is 11.2. The summed E-state index contributed by atoms with van der Waals surface area (Å²) in [6.45, 7) is 5.64. The standard InChI is InChI=1S/C14H28N2/c1-10(2)13(15)6-7-16(3)14-9-11-4-5-12(14)8-11/h10-14H,4-9,15H2,1-3H3. The summed E-state index contributed by atoms with van der Waals surface area (Å²) in [5.41, 5.74) is 6.11. The fourth-order valence-electron chi connectivity index (χ4n) is 3.60. The summed E-state index contributed by atoms with van der Waals surface area (Å²) in [6, 6.07) is 1.25. The van der Waals surface area contributed by atoms with E-state index in [4.69, 9.17) is 5.73 Å². The van der Waals surface area contributed by atoms with Crippen LogP contribution in [0.25, 0.3) is 0 Å². The van der Waals surface area contributed by atoms with Crippen LogP contribution < -0.4 is 5.73 Å². The third kappa shape index (κ3) is 2.60. The molecule has 4 atom stereocenters. The topological polar surface area (TPSA) is 29.3 Å². The Balaban J connectivity index is 1.74. The van der Waals surface area contributed by atoms with Crippen LogP contribution in [-0.2, 0) is 0 Å². The molecule has 0 aromatic heterocycles. The van der Waals surface area contributed by atoms with E-state index in [1.54, 1.807) is 0 Å². The third-order valence-electron chi connectivity index (χ3n) is 4.94. The quantitative estimate of drug-likeness (QED) is 0.777. The maximum atomic E-state index is 6.11. The molecule has 2 bridgehead atoms. The first-order valence-electron chi connectivity index (χ1n) is 7.03. The summed E-state index contributed by atoms with van der Waals surface area (Å²) >= 11 is 0. The lowest BCUT2D eigenvalue weighted by atomic mass is 9.93. The molecule has 4 unspecified atom stereocenters. The smallest absolute Gasteiger partial charge is 0.0123 e. The molecule has 2 N–H and O–H groups in total. The molecule has 0 radical (unpaired) electrons. The van der Waals surface area contributed by atoms with Crippen LogP contribution in [0.1, 0.15) is 46.0 Å². The van der Waals surface area contributed by atoms with Crippen molar-refractivity contribution in [1.29, 1.82) is 0 Å². The molecule has 0 aromatic rings. The van der Waals surface area contributed by atoms with Crippen molar-refractivity contribution in [1.82, 2.24) is 4.90 Å². The predicted octanol–water partition coefficient (Wildman–Crippen LogP) is 2.48. The molecule has 0 spiro atoms. The maximum Gasteiger partial charge on any atom is 0.0123 e. The first-order valence-corrected chi connectivity index (χ1v) is 7.03. The largest absolute Gasteiger partial charge is 0.327 e. The zero-order chi connectivity index (χ0) is 11.7. The van der Waals surface area contributed by atoms with Crippen LogP contribution in [0.2, 0.25) is 0 Å². The van der Waals surface area contributed by atoms with E-state index in [2.05, 4.69) is 25.8 Å². The summed E-state index contributed by atoms with van der Waals surface area (Å²) in [5, 5.41) is 0. The second-order valence-electron chi connectivity index (χ2n) is 6.42. The van der Waals surface area contributed by atoms with E-state index in [1.807, 2.05) is 0 Å². The van der Waals surface area contributed by atoms with Gasteiger partial charge in [-0.05, 0) is 57.0 Å². The van der Waals surface area contributed by atoms with Gasteiger partial charge >= 0.3 is 0 Å². The molecule has 0 aliphatic heterocycles. The molecule has 2 fully saturated rings. The van der Waals surface area contributed by atoms with Crippen molar-refractivity contribution in [2.24, 2.45) is 23.5 Å². The monoisotopic (exact) mass is 224 g/mol. The number of fused-ring (bicyclic) bond motifs is 2. The average molecular weight is 224 g/mol. The fourth-order valence-corrected chi connectivity index (χ4v) is 3.60. The van der Waals surface area contributed by atoms with Gasteiger partial charge in [0.2, 0.25) is 0 Å². The van der Waals surface area contributed by atoms with E-state index in [9.17, 15) is 0 Å². The lowest BCUT2D eigenvalue weighted by Crippen LogP contribution is -2.39. The van der Waals surface area contributed by atoms with Crippen molar-refractivity contribution in [2.75, 3.05) is 13.6 Å². The van der Waals surface area contributed by atoms with E-state index in [0.717, 1.165) is 24.3 Å². The van der Waals surface area contributed by atoms with E-state index < -0.39 is 0 Å². The van der Waals surface area contributed by atoms with Gasteiger partial charge in [0.25, 0.3) is 0 Å². The Hall–Kier alpha value is -0.0800. The number of nitrogens with two attached hydrogens (primary N) is 1. The Morgan fingerprint density at radius 3 is 2.50 bits per heavy atom. The Morgan fingerprint density at radius 2 is 2.00 bits per heavy atom. The Labute approximate surface area is 101 Å². The van der Waals surface area contributed by atoms with Crippen LogP contribution in [-0.4, -0.2) is 30.6 Å². The van der Waals surface area contributed by atoms with E-state index >= 15 is 0 Å². The van der Waals surface area contributed by atoms with Gasteiger partial charge in [-0.2, -0.15) is 0 Å². The van der Waals surface area contributed by atoms with Crippen molar-refractivity contribution in [3.05, 3.63) is 0 Å². The van der Waals surface area contributed by atoms with Crippen LogP contribution in [0.3, 0.4) is 0 Å². The second-order valence-corrected chi connectivity index (χ2v) is 6.42. The van der Waals surface area contributed by atoms with Crippen LogP contribution in [0.15, 0.2) is 0 Å². The molecule has 2 aliphatic carbocycles. The van der Waals surface area contributed by atoms with Crippen molar-refractivity contribution in [2.45, 2.75) is 58.0 Å². The Bertz CT molecular complexity index is 227. The highest BCUT2D eigenvalue weighted by molar-refractivity contribution is 4.94.